The molecule has 1 aliphatic heterocycles. The molecule has 3 aromatic rings. The van der Waals surface area contributed by atoms with Gasteiger partial charge in [-0.1, -0.05) is 24.3 Å². The van der Waals surface area contributed by atoms with Crippen LogP contribution in [0.15, 0.2) is 65.7 Å². The van der Waals surface area contributed by atoms with Gasteiger partial charge < -0.3 is 19.9 Å². The first-order chi connectivity index (χ1) is 17.6. The number of nitrogens with one attached hydrogen (secondary N) is 2. The molecular weight excluding hydrogens is 503 g/mol. The third-order valence-electron chi connectivity index (χ3n) is 5.43. The van der Waals surface area contributed by atoms with E-state index in [9.17, 15) is 13.2 Å². The number of anilines is 3. The van der Waals surface area contributed by atoms with Crippen LogP contribution in [0.2, 0.25) is 0 Å². The van der Waals surface area contributed by atoms with Gasteiger partial charge in [0, 0.05) is 55.0 Å². The molecule has 0 amide bonds. The molecule has 194 valence electrons. The van der Waals surface area contributed by atoms with Crippen molar-refractivity contribution in [3.63, 3.8) is 0 Å². The summed E-state index contributed by atoms with van der Waals surface area (Å²) in [7, 11) is 0. The van der Waals surface area contributed by atoms with Crippen LogP contribution in [0.5, 0.6) is 5.75 Å². The summed E-state index contributed by atoms with van der Waals surface area (Å²) in [4.78, 5) is 17.7. The molecule has 0 spiro atoms. The fourth-order valence-electron chi connectivity index (χ4n) is 3.89. The highest BCUT2D eigenvalue weighted by Gasteiger charge is 2.31. The third-order valence-corrected chi connectivity index (χ3v) is 5.63. The van der Waals surface area contributed by atoms with Crippen LogP contribution in [0.1, 0.15) is 11.4 Å². The van der Waals surface area contributed by atoms with Crippen molar-refractivity contribution < 1.29 is 17.9 Å². The fourth-order valence-corrected chi connectivity index (χ4v) is 4.10. The van der Waals surface area contributed by atoms with Crippen molar-refractivity contribution in [3.8, 4) is 5.75 Å². The summed E-state index contributed by atoms with van der Waals surface area (Å²) in [5.74, 6) is 0.464. The molecule has 12 heteroatoms. The fraction of sp³-hybridized carbons (Fsp3) is 0.280. The second-order valence-electron chi connectivity index (χ2n) is 8.35. The Morgan fingerprint density at radius 1 is 0.919 bits per heavy atom. The van der Waals surface area contributed by atoms with Gasteiger partial charge in [0.15, 0.2) is 0 Å². The number of nitrogens with zero attached hydrogens (tertiary/aromatic N) is 5. The first-order valence-corrected chi connectivity index (χ1v) is 12.0. The number of alkyl halides is 3. The first kappa shape index (κ1) is 26.1. The molecule has 0 bridgehead atoms. The van der Waals surface area contributed by atoms with Crippen LogP contribution >= 0.6 is 12.2 Å². The molecule has 37 heavy (non-hydrogen) atoms. The van der Waals surface area contributed by atoms with Gasteiger partial charge in [-0.05, 0) is 56.4 Å². The van der Waals surface area contributed by atoms with Crippen LogP contribution in [0, 0.1) is 13.8 Å². The minimum Gasteiger partial charge on any atom is -0.406 e. The van der Waals surface area contributed by atoms with Crippen molar-refractivity contribution in [1.29, 1.82) is 0 Å². The topological polar surface area (TPSA) is 77.9 Å². The second-order valence-corrected chi connectivity index (χ2v) is 8.74. The molecule has 0 aliphatic carbocycles. The monoisotopic (exact) mass is 529 g/mol. The normalized spacial score (nSPS) is 14.4. The summed E-state index contributed by atoms with van der Waals surface area (Å²) in [6.07, 6.45) is -4.79. The maximum Gasteiger partial charge on any atom is 0.573 e. The standard InChI is InChI=1S/C25H26F3N7OS/c1-17-15-18(2)30-22(29-17)32-23(35-13-11-34(12-14-35)20-8-4-3-5-9-20)33-24(37)31-19-7-6-10-21(16-19)36-25(26,27)28/h3-10,15-16H,11-14H2,1-2H3,(H2,29,30,31,32,33,37). The number of aliphatic imine (C=N–C) groups is 1. The number of halogens is 3. The van der Waals surface area contributed by atoms with Crippen molar-refractivity contribution >= 4 is 40.6 Å². The van der Waals surface area contributed by atoms with E-state index in [1.54, 1.807) is 6.07 Å². The summed E-state index contributed by atoms with van der Waals surface area (Å²) in [5, 5.41) is 6.09. The highest BCUT2D eigenvalue weighted by molar-refractivity contribution is 7.80. The SMILES string of the molecule is Cc1cc(C)nc(N/C(=N/C(=S)Nc2cccc(OC(F)(F)F)c2)N2CCN(c3ccccc3)CC2)n1. The smallest absolute Gasteiger partial charge is 0.406 e. The Kier molecular flexibility index (Phi) is 8.07. The molecule has 2 N–H and O–H groups in total. The summed E-state index contributed by atoms with van der Waals surface area (Å²) in [5.41, 5.74) is 3.05. The number of hydrogen-bond acceptors (Lipinski definition) is 5. The predicted octanol–water partition coefficient (Wildman–Crippen LogP) is 4.98. The van der Waals surface area contributed by atoms with Gasteiger partial charge in [0.05, 0.1) is 0 Å². The van der Waals surface area contributed by atoms with E-state index in [2.05, 4.69) is 47.4 Å². The maximum atomic E-state index is 12.6. The molecule has 1 aliphatic rings. The minimum absolute atomic E-state index is 0.0570. The molecule has 0 radical (unpaired) electrons. The molecule has 1 fully saturated rings. The van der Waals surface area contributed by atoms with Crippen molar-refractivity contribution in [2.45, 2.75) is 20.2 Å². The minimum atomic E-state index is -4.79. The lowest BCUT2D eigenvalue weighted by Crippen LogP contribution is -2.51. The van der Waals surface area contributed by atoms with Gasteiger partial charge in [-0.15, -0.1) is 13.2 Å². The van der Waals surface area contributed by atoms with Crippen LogP contribution < -0.4 is 20.3 Å². The van der Waals surface area contributed by atoms with Crippen LogP contribution in [0.4, 0.5) is 30.5 Å². The first-order valence-electron chi connectivity index (χ1n) is 11.5. The molecule has 1 saturated heterocycles. The Labute approximate surface area is 218 Å². The molecule has 0 atom stereocenters. The number of aromatic nitrogens is 2. The van der Waals surface area contributed by atoms with Gasteiger partial charge in [0.2, 0.25) is 17.0 Å². The number of thiocarbonyl (C=S) groups is 1. The van der Waals surface area contributed by atoms with Crippen LogP contribution in [-0.2, 0) is 0 Å². The van der Waals surface area contributed by atoms with Gasteiger partial charge in [0.1, 0.15) is 5.75 Å². The van der Waals surface area contributed by atoms with Gasteiger partial charge in [-0.2, -0.15) is 4.99 Å². The molecule has 0 saturated carbocycles. The van der Waals surface area contributed by atoms with E-state index >= 15 is 0 Å². The molecular formula is C25H26F3N7OS. The number of rotatable bonds is 4. The zero-order valence-electron chi connectivity index (χ0n) is 20.3. The Hall–Kier alpha value is -3.93. The average molecular weight is 530 g/mol. The number of para-hydroxylation sites is 1. The number of hydrogen-bond donors (Lipinski definition) is 2. The van der Waals surface area contributed by atoms with E-state index in [1.165, 1.54) is 18.2 Å². The Morgan fingerprint density at radius 3 is 2.24 bits per heavy atom. The van der Waals surface area contributed by atoms with Crippen molar-refractivity contribution in [2.24, 2.45) is 4.99 Å². The van der Waals surface area contributed by atoms with Gasteiger partial charge in [-0.3, -0.25) is 5.32 Å². The zero-order chi connectivity index (χ0) is 26.4. The maximum absolute atomic E-state index is 12.6. The average Bonchev–Trinajstić information content (AvgIpc) is 2.83. The third kappa shape index (κ3) is 7.78. The highest BCUT2D eigenvalue weighted by Crippen LogP contribution is 2.25. The second kappa shape index (κ2) is 11.4. The largest absolute Gasteiger partial charge is 0.573 e. The van der Waals surface area contributed by atoms with E-state index in [0.717, 1.165) is 30.2 Å². The van der Waals surface area contributed by atoms with E-state index in [4.69, 9.17) is 12.2 Å². The quantitative estimate of drug-likeness (QED) is 0.279. The lowest BCUT2D eigenvalue weighted by Gasteiger charge is -2.37. The number of piperazine rings is 1. The highest BCUT2D eigenvalue weighted by atomic mass is 32.1. The van der Waals surface area contributed by atoms with Crippen LogP contribution in [0.3, 0.4) is 0 Å². The van der Waals surface area contributed by atoms with Gasteiger partial charge in [-0.25, -0.2) is 9.97 Å². The zero-order valence-corrected chi connectivity index (χ0v) is 21.1. The predicted molar refractivity (Wildman–Crippen MR) is 142 cm³/mol. The van der Waals surface area contributed by atoms with E-state index in [0.29, 0.717) is 30.7 Å². The molecule has 2 heterocycles. The number of guanidine groups is 1. The molecule has 8 nitrogen and oxygen atoms in total. The van der Waals surface area contributed by atoms with E-state index in [1.807, 2.05) is 43.0 Å². The number of ether oxygens (including phenoxy) is 1. The van der Waals surface area contributed by atoms with Crippen molar-refractivity contribution in [3.05, 3.63) is 72.1 Å². The lowest BCUT2D eigenvalue weighted by atomic mass is 10.2. The van der Waals surface area contributed by atoms with Gasteiger partial charge >= 0.3 is 6.36 Å². The molecule has 0 unspecified atom stereocenters. The summed E-state index contributed by atoms with van der Waals surface area (Å²) in [6, 6.07) is 17.4. The summed E-state index contributed by atoms with van der Waals surface area (Å²) in [6.45, 7) is 6.58. The Bertz CT molecular complexity index is 1240. The molecule has 2 aromatic carbocycles. The van der Waals surface area contributed by atoms with Gasteiger partial charge in [0.25, 0.3) is 0 Å². The molecule has 4 rings (SSSR count). The summed E-state index contributed by atoms with van der Waals surface area (Å²) < 4.78 is 41.8. The number of aryl methyl sites for hydroxylation is 2. The van der Waals surface area contributed by atoms with Crippen LogP contribution in [0.25, 0.3) is 0 Å². The Balaban J connectivity index is 1.52. The van der Waals surface area contributed by atoms with Crippen LogP contribution in [-0.4, -0.2) is 58.5 Å². The van der Waals surface area contributed by atoms with Crippen molar-refractivity contribution in [1.82, 2.24) is 14.9 Å². The molecule has 1 aromatic heterocycles. The number of benzene rings is 2. The van der Waals surface area contributed by atoms with Crippen molar-refractivity contribution in [2.75, 3.05) is 41.7 Å². The van der Waals surface area contributed by atoms with E-state index in [-0.39, 0.29) is 10.9 Å². The Morgan fingerprint density at radius 2 is 1.59 bits per heavy atom. The summed E-state index contributed by atoms with van der Waals surface area (Å²) >= 11 is 5.42. The van der Waals surface area contributed by atoms with E-state index < -0.39 is 6.36 Å². The lowest BCUT2D eigenvalue weighted by molar-refractivity contribution is -0.274.